The maximum atomic E-state index is 12.2. The van der Waals surface area contributed by atoms with Crippen LogP contribution in [0.15, 0.2) is 48.5 Å². The molecule has 1 aliphatic rings. The van der Waals surface area contributed by atoms with E-state index in [1.165, 1.54) is 7.11 Å². The van der Waals surface area contributed by atoms with Gasteiger partial charge in [-0.05, 0) is 35.3 Å². The Bertz CT molecular complexity index is 787. The minimum atomic E-state index is -0.305. The zero-order valence-electron chi connectivity index (χ0n) is 14.3. The average molecular weight is 338 g/mol. The van der Waals surface area contributed by atoms with Crippen molar-refractivity contribution < 1.29 is 14.3 Å². The van der Waals surface area contributed by atoms with Gasteiger partial charge in [0.15, 0.2) is 0 Å². The number of hydrogen-bond donors (Lipinski definition) is 1. The molecule has 25 heavy (non-hydrogen) atoms. The molecule has 3 rings (SSSR count). The molecule has 0 bridgehead atoms. The smallest absolute Gasteiger partial charge is 0.409 e. The molecule has 1 fully saturated rings. The van der Waals surface area contributed by atoms with Crippen LogP contribution in [0.1, 0.15) is 18.4 Å². The van der Waals surface area contributed by atoms with Gasteiger partial charge in [-0.15, -0.1) is 0 Å². The first-order valence-corrected chi connectivity index (χ1v) is 8.46. The van der Waals surface area contributed by atoms with E-state index < -0.39 is 0 Å². The fourth-order valence-electron chi connectivity index (χ4n) is 3.15. The molecule has 130 valence electrons. The molecule has 0 saturated carbocycles. The average Bonchev–Trinajstić information content (AvgIpc) is 2.66. The fraction of sp³-hybridized carbons (Fsp3) is 0.300. The number of amides is 2. The second-order valence-electron chi connectivity index (χ2n) is 6.14. The molecule has 0 aliphatic carbocycles. The van der Waals surface area contributed by atoms with E-state index in [4.69, 9.17) is 4.74 Å². The lowest BCUT2D eigenvalue weighted by molar-refractivity contribution is -0.117. The van der Waals surface area contributed by atoms with Gasteiger partial charge in [-0.2, -0.15) is 0 Å². The summed E-state index contributed by atoms with van der Waals surface area (Å²) >= 11 is 0. The maximum absolute atomic E-state index is 12.2. The zero-order chi connectivity index (χ0) is 17.6. The Morgan fingerprint density at radius 3 is 2.60 bits per heavy atom. The summed E-state index contributed by atoms with van der Waals surface area (Å²) in [6.07, 6.45) is 4.60. The molecule has 1 aliphatic heterocycles. The van der Waals surface area contributed by atoms with E-state index >= 15 is 0 Å². The summed E-state index contributed by atoms with van der Waals surface area (Å²) in [7, 11) is 1.38. The number of rotatable bonds is 3. The number of fused-ring (bicyclic) bond motifs is 1. The molecule has 5 nitrogen and oxygen atoms in total. The van der Waals surface area contributed by atoms with Gasteiger partial charge in [0.2, 0.25) is 5.91 Å². The molecule has 0 atom stereocenters. The lowest BCUT2D eigenvalue weighted by Gasteiger charge is -2.31. The summed E-state index contributed by atoms with van der Waals surface area (Å²) in [6.45, 7) is 1.20. The summed E-state index contributed by atoms with van der Waals surface area (Å²) in [5.41, 5.74) is 1.02. The highest BCUT2D eigenvalue weighted by molar-refractivity contribution is 5.96. The third kappa shape index (κ3) is 4.18. The molecular weight excluding hydrogens is 316 g/mol. The van der Waals surface area contributed by atoms with Crippen molar-refractivity contribution in [3.63, 3.8) is 0 Å². The highest BCUT2D eigenvalue weighted by atomic mass is 16.5. The number of methoxy groups -OCH3 is 1. The Kier molecular flexibility index (Phi) is 5.33. The van der Waals surface area contributed by atoms with Crippen LogP contribution in [0.4, 0.5) is 4.79 Å². The van der Waals surface area contributed by atoms with Gasteiger partial charge in [-0.1, -0.05) is 42.5 Å². The maximum Gasteiger partial charge on any atom is 0.409 e. The molecule has 2 amide bonds. The van der Waals surface area contributed by atoms with Crippen molar-refractivity contribution in [2.45, 2.75) is 18.9 Å². The molecule has 0 radical (unpaired) electrons. The Labute approximate surface area is 147 Å². The highest BCUT2D eigenvalue weighted by Crippen LogP contribution is 2.19. The standard InChI is InChI=1S/C20H22N2O3/c1-25-20(24)22-13-11-17(12-14-22)21-19(23)10-9-16-7-4-6-15-5-2-3-8-18(15)16/h2-10,17H,11-14H2,1H3,(H,21,23)/b10-9+. The number of benzene rings is 2. The molecular formula is C20H22N2O3. The van der Waals surface area contributed by atoms with E-state index in [2.05, 4.69) is 23.5 Å². The minimum absolute atomic E-state index is 0.0885. The van der Waals surface area contributed by atoms with Crippen LogP contribution in [0.5, 0.6) is 0 Å². The largest absolute Gasteiger partial charge is 0.453 e. The quantitative estimate of drug-likeness (QED) is 0.875. The Hall–Kier alpha value is -2.82. The van der Waals surface area contributed by atoms with Crippen molar-refractivity contribution in [1.82, 2.24) is 10.2 Å². The molecule has 1 N–H and O–H groups in total. The van der Waals surface area contributed by atoms with Crippen molar-refractivity contribution in [2.24, 2.45) is 0 Å². The summed E-state index contributed by atoms with van der Waals surface area (Å²) in [4.78, 5) is 25.3. The van der Waals surface area contributed by atoms with Gasteiger partial charge < -0.3 is 15.0 Å². The highest BCUT2D eigenvalue weighted by Gasteiger charge is 2.23. The number of carbonyl (C=O) groups is 2. The van der Waals surface area contributed by atoms with Gasteiger partial charge in [0.1, 0.15) is 0 Å². The number of carbonyl (C=O) groups excluding carboxylic acids is 2. The molecule has 1 saturated heterocycles. The van der Waals surface area contributed by atoms with Crippen molar-refractivity contribution in [3.8, 4) is 0 Å². The molecule has 5 heteroatoms. The summed E-state index contributed by atoms with van der Waals surface area (Å²) in [6, 6.07) is 14.2. The van der Waals surface area contributed by atoms with Crippen LogP contribution in [0.3, 0.4) is 0 Å². The molecule has 2 aromatic rings. The zero-order valence-corrected chi connectivity index (χ0v) is 14.3. The van der Waals surface area contributed by atoms with E-state index in [1.807, 2.05) is 30.3 Å². The van der Waals surface area contributed by atoms with Gasteiger partial charge >= 0.3 is 6.09 Å². The second-order valence-corrected chi connectivity index (χ2v) is 6.14. The molecule has 0 aromatic heterocycles. The SMILES string of the molecule is COC(=O)N1CCC(NC(=O)/C=C/c2cccc3ccccc23)CC1. The predicted molar refractivity (Wildman–Crippen MR) is 98.1 cm³/mol. The van der Waals surface area contributed by atoms with Crippen LogP contribution < -0.4 is 5.32 Å². The van der Waals surface area contributed by atoms with Crippen LogP contribution in [0, 0.1) is 0 Å². The lowest BCUT2D eigenvalue weighted by Crippen LogP contribution is -2.46. The van der Waals surface area contributed by atoms with E-state index in [0.717, 1.165) is 29.2 Å². The van der Waals surface area contributed by atoms with Crippen LogP contribution in [-0.4, -0.2) is 43.1 Å². The molecule has 1 heterocycles. The summed E-state index contributed by atoms with van der Waals surface area (Å²) < 4.78 is 4.72. The Morgan fingerprint density at radius 1 is 1.12 bits per heavy atom. The molecule has 0 unspecified atom stereocenters. The number of piperidine rings is 1. The number of likely N-dealkylation sites (tertiary alicyclic amines) is 1. The molecule has 2 aromatic carbocycles. The Morgan fingerprint density at radius 2 is 1.84 bits per heavy atom. The van der Waals surface area contributed by atoms with E-state index in [9.17, 15) is 9.59 Å². The van der Waals surface area contributed by atoms with Crippen LogP contribution in [0.2, 0.25) is 0 Å². The monoisotopic (exact) mass is 338 g/mol. The minimum Gasteiger partial charge on any atom is -0.453 e. The fourth-order valence-corrected chi connectivity index (χ4v) is 3.15. The predicted octanol–water partition coefficient (Wildman–Crippen LogP) is 3.20. The van der Waals surface area contributed by atoms with Gasteiger partial charge in [-0.25, -0.2) is 4.79 Å². The number of nitrogens with one attached hydrogen (secondary N) is 1. The number of hydrogen-bond acceptors (Lipinski definition) is 3. The van der Waals surface area contributed by atoms with Gasteiger partial charge in [0.25, 0.3) is 0 Å². The van der Waals surface area contributed by atoms with Crippen molar-refractivity contribution >= 4 is 28.8 Å². The van der Waals surface area contributed by atoms with E-state index in [1.54, 1.807) is 11.0 Å². The Balaban J connectivity index is 1.58. The van der Waals surface area contributed by atoms with Crippen molar-refractivity contribution in [1.29, 1.82) is 0 Å². The summed E-state index contributed by atoms with van der Waals surface area (Å²) in [5, 5.41) is 5.29. The van der Waals surface area contributed by atoms with Crippen molar-refractivity contribution in [2.75, 3.05) is 20.2 Å². The first-order valence-electron chi connectivity index (χ1n) is 8.46. The van der Waals surface area contributed by atoms with Crippen LogP contribution in [-0.2, 0) is 9.53 Å². The number of nitrogens with zero attached hydrogens (tertiary/aromatic N) is 1. The van der Waals surface area contributed by atoms with Crippen LogP contribution in [0.25, 0.3) is 16.8 Å². The van der Waals surface area contributed by atoms with Gasteiger partial charge in [0.05, 0.1) is 7.11 Å². The summed E-state index contributed by atoms with van der Waals surface area (Å²) in [5.74, 6) is -0.107. The topological polar surface area (TPSA) is 58.6 Å². The first kappa shape index (κ1) is 17.0. The third-order valence-corrected chi connectivity index (χ3v) is 4.51. The normalized spacial score (nSPS) is 15.5. The third-order valence-electron chi connectivity index (χ3n) is 4.51. The lowest BCUT2D eigenvalue weighted by atomic mass is 10.0. The van der Waals surface area contributed by atoms with Crippen molar-refractivity contribution in [3.05, 3.63) is 54.1 Å². The second kappa shape index (κ2) is 7.83. The first-order chi connectivity index (χ1) is 12.2. The van der Waals surface area contributed by atoms with E-state index in [0.29, 0.717) is 13.1 Å². The van der Waals surface area contributed by atoms with Gasteiger partial charge in [0, 0.05) is 25.2 Å². The van der Waals surface area contributed by atoms with Gasteiger partial charge in [-0.3, -0.25) is 4.79 Å². The van der Waals surface area contributed by atoms with E-state index in [-0.39, 0.29) is 18.0 Å². The number of ether oxygens (including phenoxy) is 1. The molecule has 0 spiro atoms. The van der Waals surface area contributed by atoms with Crippen LogP contribution >= 0.6 is 0 Å².